The number of unbranched alkanes of at least 4 members (excludes halogenated alkanes) is 2. The largest absolute Gasteiger partial charge is 1.00 e. The van der Waals surface area contributed by atoms with E-state index in [2.05, 4.69) is 144 Å². The molecule has 3 aromatic rings. The molecular weight excluding hydrogens is 691 g/mol. The normalized spacial score (nSPS) is 18.1. The molecular formula is C44H58Cl2Zr-2. The molecule has 6 rings (SSSR count). The van der Waals surface area contributed by atoms with Crippen LogP contribution in [0.5, 0.6) is 0 Å². The van der Waals surface area contributed by atoms with Gasteiger partial charge in [-0.15, -0.1) is 39.7 Å². The minimum Gasteiger partial charge on any atom is -1.00 e. The van der Waals surface area contributed by atoms with E-state index in [4.69, 9.17) is 0 Å². The molecule has 254 valence electrons. The van der Waals surface area contributed by atoms with Gasteiger partial charge >= 0.3 is 79.8 Å². The fraction of sp³-hybridized carbons (Fsp3) is 0.500. The zero-order chi connectivity index (χ0) is 33.3. The molecule has 0 spiro atoms. The van der Waals surface area contributed by atoms with Gasteiger partial charge < -0.3 is 24.8 Å². The van der Waals surface area contributed by atoms with E-state index < -0.39 is 0 Å². The summed E-state index contributed by atoms with van der Waals surface area (Å²) >= 11 is 1.67. The molecule has 0 fully saturated rings. The molecule has 0 saturated heterocycles. The van der Waals surface area contributed by atoms with Gasteiger partial charge in [-0.2, -0.15) is 11.6 Å². The molecule has 1 atom stereocenters. The van der Waals surface area contributed by atoms with Gasteiger partial charge in [0.05, 0.1) is 0 Å². The fourth-order valence-corrected chi connectivity index (χ4v) is 8.05. The van der Waals surface area contributed by atoms with Crippen molar-refractivity contribution in [3.8, 4) is 0 Å². The van der Waals surface area contributed by atoms with Crippen LogP contribution >= 0.6 is 0 Å². The molecule has 0 N–H and O–H groups in total. The van der Waals surface area contributed by atoms with Crippen LogP contribution in [0.3, 0.4) is 0 Å². The SMILES string of the molecule is CC1=CC(C)(C)c2cc3[cH-]c4cc5c(cc4c3cc21)C(C)=CC5(C)C.CC1[C-]=CC(C(C)(C)C)=C1.CCCC[C](=[Zr+2])CCCC.[Cl-].[Cl-]. The number of rotatable bonds is 6. The Bertz CT molecular complexity index is 1590. The molecule has 0 aromatic heterocycles. The summed E-state index contributed by atoms with van der Waals surface area (Å²) < 4.78 is 1.79. The van der Waals surface area contributed by atoms with Gasteiger partial charge in [-0.3, -0.25) is 6.08 Å². The maximum absolute atomic E-state index is 3.26. The Hall–Kier alpha value is -1.40. The van der Waals surface area contributed by atoms with Crippen LogP contribution in [0.1, 0.15) is 144 Å². The summed E-state index contributed by atoms with van der Waals surface area (Å²) in [5.41, 5.74) is 10.6. The average molecular weight is 749 g/mol. The van der Waals surface area contributed by atoms with Crippen molar-refractivity contribution in [1.29, 1.82) is 0 Å². The van der Waals surface area contributed by atoms with Crippen LogP contribution in [0, 0.1) is 17.4 Å². The number of allylic oxidation sites excluding steroid dienone is 8. The Morgan fingerprint density at radius 1 is 0.787 bits per heavy atom. The van der Waals surface area contributed by atoms with Crippen molar-refractivity contribution in [2.45, 2.75) is 132 Å². The Morgan fingerprint density at radius 3 is 1.53 bits per heavy atom. The van der Waals surface area contributed by atoms with E-state index in [0.29, 0.717) is 11.3 Å². The second-order valence-electron chi connectivity index (χ2n) is 16.0. The third-order valence-corrected chi connectivity index (χ3v) is 11.1. The van der Waals surface area contributed by atoms with E-state index in [1.165, 1.54) is 99.0 Å². The van der Waals surface area contributed by atoms with E-state index in [1.807, 2.05) is 0 Å². The summed E-state index contributed by atoms with van der Waals surface area (Å²) in [5, 5.41) is 5.57. The third-order valence-electron chi connectivity index (χ3n) is 9.83. The van der Waals surface area contributed by atoms with Crippen molar-refractivity contribution in [3.63, 3.8) is 0 Å². The van der Waals surface area contributed by atoms with E-state index in [0.717, 1.165) is 0 Å². The van der Waals surface area contributed by atoms with Crippen molar-refractivity contribution in [1.82, 2.24) is 0 Å². The summed E-state index contributed by atoms with van der Waals surface area (Å²) in [6.45, 7) is 27.2. The molecule has 0 saturated carbocycles. The first-order chi connectivity index (χ1) is 21.0. The molecule has 0 amide bonds. The smallest absolute Gasteiger partial charge is 1.00 e. The summed E-state index contributed by atoms with van der Waals surface area (Å²) in [4.78, 5) is 0. The summed E-state index contributed by atoms with van der Waals surface area (Å²) in [7, 11) is 0. The Kier molecular flexibility index (Phi) is 14.7. The van der Waals surface area contributed by atoms with Crippen LogP contribution in [-0.4, -0.2) is 3.21 Å². The van der Waals surface area contributed by atoms with Crippen LogP contribution in [0.4, 0.5) is 0 Å². The van der Waals surface area contributed by atoms with Crippen LogP contribution < -0.4 is 24.8 Å². The molecule has 0 bridgehead atoms. The maximum atomic E-state index is 3.26. The van der Waals surface area contributed by atoms with Gasteiger partial charge in [-0.1, -0.05) is 102 Å². The van der Waals surface area contributed by atoms with Gasteiger partial charge in [0, 0.05) is 10.8 Å². The van der Waals surface area contributed by atoms with E-state index in [9.17, 15) is 0 Å². The Morgan fingerprint density at radius 2 is 1.21 bits per heavy atom. The second-order valence-corrected chi connectivity index (χ2v) is 17.7. The number of hydrogen-bond donors (Lipinski definition) is 0. The topological polar surface area (TPSA) is 0 Å². The Labute approximate surface area is 315 Å². The first-order valence-electron chi connectivity index (χ1n) is 17.5. The summed E-state index contributed by atoms with van der Waals surface area (Å²) in [6.07, 6.45) is 20.8. The molecule has 0 aliphatic heterocycles. The summed E-state index contributed by atoms with van der Waals surface area (Å²) in [6, 6.07) is 12.1. The van der Waals surface area contributed by atoms with Gasteiger partial charge in [-0.05, 0) is 36.1 Å². The molecule has 0 radical (unpaired) electrons. The molecule has 0 heterocycles. The Balaban J connectivity index is 0.000000293. The summed E-state index contributed by atoms with van der Waals surface area (Å²) in [5.74, 6) is 0.522. The van der Waals surface area contributed by atoms with Crippen LogP contribution in [0.25, 0.3) is 32.7 Å². The molecule has 47 heavy (non-hydrogen) atoms. The maximum Gasteiger partial charge on any atom is -1.00 e. The predicted octanol–water partition coefficient (Wildman–Crippen LogP) is 7.16. The quantitative estimate of drug-likeness (QED) is 0.235. The number of halogens is 2. The predicted molar refractivity (Wildman–Crippen MR) is 199 cm³/mol. The van der Waals surface area contributed by atoms with Gasteiger partial charge in [0.1, 0.15) is 0 Å². The molecule has 3 aliphatic rings. The standard InChI is InChI=1S/C25H25.C10H15.C9H18.2ClH.Zr/c1-14-12-24(3,4)22-8-16-7-17-9-23-19(15(2)13-25(23,5)6)11-21(17)20(16)10-18(14)22;1-8-5-6-9(7-8)10(2,3)4;1-3-5-7-9-8-6-4-2;;;/h7-13H,1-6H3;6-8H,1-4H3;3-8H2,1-2H3;2*1H;/q2*-1;;;;+2/p-2. The third kappa shape index (κ3) is 9.65. The van der Waals surface area contributed by atoms with Crippen LogP contribution in [0.2, 0.25) is 0 Å². The zero-order valence-electron chi connectivity index (χ0n) is 31.3. The van der Waals surface area contributed by atoms with Crippen molar-refractivity contribution in [2.75, 3.05) is 0 Å². The van der Waals surface area contributed by atoms with Crippen molar-refractivity contribution in [3.05, 3.63) is 88.5 Å². The first kappa shape index (κ1) is 41.8. The van der Waals surface area contributed by atoms with Crippen molar-refractivity contribution >= 4 is 35.9 Å². The van der Waals surface area contributed by atoms with Gasteiger partial charge in [0.15, 0.2) is 0 Å². The van der Waals surface area contributed by atoms with E-state index in [-0.39, 0.29) is 35.6 Å². The molecule has 0 nitrogen and oxygen atoms in total. The average Bonchev–Trinajstić information content (AvgIpc) is 3.67. The number of fused-ring (bicyclic) bond motifs is 5. The molecule has 3 aromatic carbocycles. The number of hydrogen-bond acceptors (Lipinski definition) is 0. The fourth-order valence-electron chi connectivity index (χ4n) is 7.18. The van der Waals surface area contributed by atoms with E-state index in [1.54, 1.807) is 27.4 Å². The molecule has 1 unspecified atom stereocenters. The molecule has 3 aliphatic carbocycles. The van der Waals surface area contributed by atoms with Gasteiger partial charge in [-0.25, -0.2) is 6.08 Å². The van der Waals surface area contributed by atoms with Crippen LogP contribution in [-0.2, 0) is 35.1 Å². The van der Waals surface area contributed by atoms with Gasteiger partial charge in [0.25, 0.3) is 0 Å². The number of benzene rings is 2. The van der Waals surface area contributed by atoms with Crippen molar-refractivity contribution < 1.29 is 49.0 Å². The minimum absolute atomic E-state index is 0. The van der Waals surface area contributed by atoms with Gasteiger partial charge in [0.2, 0.25) is 0 Å². The second kappa shape index (κ2) is 16.5. The van der Waals surface area contributed by atoms with Crippen LogP contribution in [0.15, 0.2) is 60.2 Å². The molecule has 3 heteroatoms. The van der Waals surface area contributed by atoms with E-state index >= 15 is 0 Å². The zero-order valence-corrected chi connectivity index (χ0v) is 35.2. The van der Waals surface area contributed by atoms with Crippen molar-refractivity contribution in [2.24, 2.45) is 11.3 Å². The first-order valence-corrected chi connectivity index (χ1v) is 18.7. The minimum atomic E-state index is 0. The monoisotopic (exact) mass is 746 g/mol.